The molecule has 0 saturated carbocycles. The van der Waals surface area contributed by atoms with Crippen molar-refractivity contribution in [1.82, 2.24) is 20.1 Å². The number of fused-ring (bicyclic) bond motifs is 1. The van der Waals surface area contributed by atoms with E-state index in [4.69, 9.17) is 0 Å². The van der Waals surface area contributed by atoms with Crippen LogP contribution in [0.1, 0.15) is 44.0 Å². The zero-order valence-corrected chi connectivity index (χ0v) is 13.3. The third kappa shape index (κ3) is 3.05. The van der Waals surface area contributed by atoms with Gasteiger partial charge in [0.2, 0.25) is 0 Å². The van der Waals surface area contributed by atoms with Gasteiger partial charge in [-0.15, -0.1) is 0 Å². The van der Waals surface area contributed by atoms with E-state index in [1.165, 1.54) is 11.3 Å². The first-order valence-corrected chi connectivity index (χ1v) is 7.93. The summed E-state index contributed by atoms with van der Waals surface area (Å²) in [6, 6.07) is 6.20. The SMILES string of the molecule is CC(C)(CO)CNC1CCCc2c1cnn2-c1ccccn1. The molecule has 3 rings (SSSR count). The lowest BCUT2D eigenvalue weighted by atomic mass is 9.90. The fraction of sp³-hybridized carbons (Fsp3) is 0.529. The van der Waals surface area contributed by atoms with Gasteiger partial charge in [0.05, 0.1) is 11.9 Å². The number of nitrogens with one attached hydrogen (secondary N) is 1. The molecule has 0 fully saturated rings. The highest BCUT2D eigenvalue weighted by atomic mass is 16.3. The smallest absolute Gasteiger partial charge is 0.153 e. The molecular weight excluding hydrogens is 276 g/mol. The van der Waals surface area contributed by atoms with Crippen molar-refractivity contribution in [3.63, 3.8) is 0 Å². The first kappa shape index (κ1) is 15.2. The van der Waals surface area contributed by atoms with Crippen LogP contribution in [0, 0.1) is 5.41 Å². The van der Waals surface area contributed by atoms with Crippen LogP contribution in [0.15, 0.2) is 30.6 Å². The summed E-state index contributed by atoms with van der Waals surface area (Å²) in [4.78, 5) is 4.40. The molecule has 0 bridgehead atoms. The van der Waals surface area contributed by atoms with Crippen molar-refractivity contribution in [2.45, 2.75) is 39.2 Å². The molecule has 2 heterocycles. The molecule has 1 atom stereocenters. The van der Waals surface area contributed by atoms with Crippen molar-refractivity contribution in [1.29, 1.82) is 0 Å². The Morgan fingerprint density at radius 1 is 1.41 bits per heavy atom. The molecule has 2 N–H and O–H groups in total. The minimum absolute atomic E-state index is 0.103. The summed E-state index contributed by atoms with van der Waals surface area (Å²) in [5.74, 6) is 0.875. The summed E-state index contributed by atoms with van der Waals surface area (Å²) >= 11 is 0. The van der Waals surface area contributed by atoms with Crippen LogP contribution in [0.5, 0.6) is 0 Å². The second-order valence-electron chi connectivity index (χ2n) is 6.79. The lowest BCUT2D eigenvalue weighted by molar-refractivity contribution is 0.152. The van der Waals surface area contributed by atoms with E-state index >= 15 is 0 Å². The molecule has 0 spiro atoms. The van der Waals surface area contributed by atoms with Crippen LogP contribution in [0.4, 0.5) is 0 Å². The highest BCUT2D eigenvalue weighted by Crippen LogP contribution is 2.31. The zero-order valence-electron chi connectivity index (χ0n) is 13.3. The van der Waals surface area contributed by atoms with Gasteiger partial charge in [-0.25, -0.2) is 9.67 Å². The van der Waals surface area contributed by atoms with Crippen LogP contribution in [0.3, 0.4) is 0 Å². The number of aliphatic hydroxyl groups excluding tert-OH is 1. The zero-order chi connectivity index (χ0) is 15.6. The van der Waals surface area contributed by atoms with Gasteiger partial charge >= 0.3 is 0 Å². The second kappa shape index (κ2) is 6.18. The van der Waals surface area contributed by atoms with E-state index in [0.717, 1.165) is 31.6 Å². The third-order valence-corrected chi connectivity index (χ3v) is 4.30. The maximum absolute atomic E-state index is 9.41. The summed E-state index contributed by atoms with van der Waals surface area (Å²) in [6.07, 6.45) is 7.05. The van der Waals surface area contributed by atoms with Crippen molar-refractivity contribution in [2.75, 3.05) is 13.2 Å². The predicted octanol–water partition coefficient (Wildman–Crippen LogP) is 2.25. The van der Waals surface area contributed by atoms with Crippen molar-refractivity contribution < 1.29 is 5.11 Å². The summed E-state index contributed by atoms with van der Waals surface area (Å²) < 4.78 is 1.96. The average Bonchev–Trinajstić information content (AvgIpc) is 2.98. The molecule has 118 valence electrons. The van der Waals surface area contributed by atoms with Crippen molar-refractivity contribution in [3.05, 3.63) is 41.9 Å². The summed E-state index contributed by atoms with van der Waals surface area (Å²) in [6.45, 7) is 5.12. The Hall–Kier alpha value is -1.72. The van der Waals surface area contributed by atoms with Crippen LogP contribution in [-0.4, -0.2) is 33.0 Å². The molecule has 0 aliphatic heterocycles. The van der Waals surface area contributed by atoms with Gasteiger partial charge in [-0.3, -0.25) is 0 Å². The molecule has 1 aliphatic rings. The molecule has 22 heavy (non-hydrogen) atoms. The van der Waals surface area contributed by atoms with Crippen LogP contribution < -0.4 is 5.32 Å². The molecule has 5 nitrogen and oxygen atoms in total. The Balaban J connectivity index is 1.82. The molecule has 2 aromatic heterocycles. The maximum atomic E-state index is 9.41. The van der Waals surface area contributed by atoms with Gasteiger partial charge in [0, 0.05) is 36.4 Å². The van der Waals surface area contributed by atoms with E-state index in [1.54, 1.807) is 6.20 Å². The number of pyridine rings is 1. The largest absolute Gasteiger partial charge is 0.396 e. The average molecular weight is 300 g/mol. The molecule has 5 heteroatoms. The molecule has 0 saturated heterocycles. The highest BCUT2D eigenvalue weighted by Gasteiger charge is 2.26. The van der Waals surface area contributed by atoms with Crippen molar-refractivity contribution >= 4 is 0 Å². The van der Waals surface area contributed by atoms with Crippen LogP contribution in [0.25, 0.3) is 5.82 Å². The summed E-state index contributed by atoms with van der Waals surface area (Å²) in [5.41, 5.74) is 2.42. The molecular formula is C17H24N4O. The fourth-order valence-electron chi connectivity index (χ4n) is 2.90. The monoisotopic (exact) mass is 300 g/mol. The lowest BCUT2D eigenvalue weighted by Crippen LogP contribution is -2.35. The Kier molecular flexibility index (Phi) is 4.27. The highest BCUT2D eigenvalue weighted by molar-refractivity contribution is 5.32. The second-order valence-corrected chi connectivity index (χ2v) is 6.79. The molecule has 0 aromatic carbocycles. The molecule has 1 unspecified atom stereocenters. The minimum Gasteiger partial charge on any atom is -0.396 e. The number of nitrogens with zero attached hydrogens (tertiary/aromatic N) is 3. The normalized spacial score (nSPS) is 18.2. The Bertz CT molecular complexity index is 621. The number of rotatable bonds is 5. The fourth-order valence-corrected chi connectivity index (χ4v) is 2.90. The van der Waals surface area contributed by atoms with Crippen LogP contribution >= 0.6 is 0 Å². The number of hydrogen-bond acceptors (Lipinski definition) is 4. The van der Waals surface area contributed by atoms with Crippen LogP contribution in [-0.2, 0) is 6.42 Å². The van der Waals surface area contributed by atoms with E-state index in [9.17, 15) is 5.11 Å². The van der Waals surface area contributed by atoms with E-state index in [0.29, 0.717) is 6.04 Å². The quantitative estimate of drug-likeness (QED) is 0.889. The van der Waals surface area contributed by atoms with Crippen LogP contribution in [0.2, 0.25) is 0 Å². The molecule has 0 radical (unpaired) electrons. The molecule has 2 aromatic rings. The Morgan fingerprint density at radius 3 is 3.00 bits per heavy atom. The van der Waals surface area contributed by atoms with Crippen molar-refractivity contribution in [2.24, 2.45) is 5.41 Å². The van der Waals surface area contributed by atoms with E-state index in [2.05, 4.69) is 29.2 Å². The van der Waals surface area contributed by atoms with Gasteiger partial charge in [0.25, 0.3) is 0 Å². The number of aliphatic hydroxyl groups is 1. The lowest BCUT2D eigenvalue weighted by Gasteiger charge is -2.29. The van der Waals surface area contributed by atoms with E-state index < -0.39 is 0 Å². The van der Waals surface area contributed by atoms with E-state index in [1.807, 2.05) is 29.1 Å². The molecule has 0 amide bonds. The Morgan fingerprint density at radius 2 is 2.27 bits per heavy atom. The van der Waals surface area contributed by atoms with E-state index in [-0.39, 0.29) is 12.0 Å². The van der Waals surface area contributed by atoms with Gasteiger partial charge < -0.3 is 10.4 Å². The first-order chi connectivity index (χ1) is 10.6. The number of hydrogen-bond donors (Lipinski definition) is 2. The first-order valence-electron chi connectivity index (χ1n) is 7.93. The third-order valence-electron chi connectivity index (χ3n) is 4.30. The van der Waals surface area contributed by atoms with Gasteiger partial charge in [-0.2, -0.15) is 5.10 Å². The topological polar surface area (TPSA) is 63.0 Å². The van der Waals surface area contributed by atoms with Gasteiger partial charge in [-0.05, 0) is 31.4 Å². The summed E-state index contributed by atoms with van der Waals surface area (Å²) in [5, 5.41) is 17.6. The predicted molar refractivity (Wildman–Crippen MR) is 85.9 cm³/mol. The standard InChI is InChI=1S/C17H24N4O/c1-17(2,12-22)11-19-14-6-5-7-15-13(14)10-20-21(15)16-8-3-4-9-18-16/h3-4,8-10,14,19,22H,5-7,11-12H2,1-2H3. The number of aromatic nitrogens is 3. The summed E-state index contributed by atoms with van der Waals surface area (Å²) in [7, 11) is 0. The van der Waals surface area contributed by atoms with Gasteiger partial charge in [-0.1, -0.05) is 19.9 Å². The van der Waals surface area contributed by atoms with Gasteiger partial charge in [0.15, 0.2) is 5.82 Å². The Labute approximate surface area is 131 Å². The minimum atomic E-state index is -0.103. The maximum Gasteiger partial charge on any atom is 0.153 e. The van der Waals surface area contributed by atoms with Gasteiger partial charge in [0.1, 0.15) is 0 Å². The van der Waals surface area contributed by atoms with Crippen molar-refractivity contribution in [3.8, 4) is 5.82 Å². The molecule has 1 aliphatic carbocycles.